The van der Waals surface area contributed by atoms with E-state index in [1.54, 1.807) is 7.11 Å². The van der Waals surface area contributed by atoms with Gasteiger partial charge in [0, 0.05) is 18.6 Å². The lowest BCUT2D eigenvalue weighted by Gasteiger charge is -2.36. The Morgan fingerprint density at radius 2 is 1.71 bits per heavy atom. The summed E-state index contributed by atoms with van der Waals surface area (Å²) in [7, 11) is 1.70. The van der Waals surface area contributed by atoms with Crippen LogP contribution in [0, 0.1) is 5.92 Å². The zero-order valence-corrected chi connectivity index (χ0v) is 14.3. The highest BCUT2D eigenvalue weighted by molar-refractivity contribution is 5.30. The molecule has 0 aliphatic carbocycles. The molecule has 2 N–H and O–H groups in total. The molecule has 0 aliphatic heterocycles. The maximum absolute atomic E-state index is 6.44. The summed E-state index contributed by atoms with van der Waals surface area (Å²) in [5, 5.41) is 0. The van der Waals surface area contributed by atoms with Crippen molar-refractivity contribution in [2.45, 2.75) is 52.6 Å². The van der Waals surface area contributed by atoms with Gasteiger partial charge in [0.25, 0.3) is 0 Å². The first-order chi connectivity index (χ1) is 10.1. The number of hydrogen-bond acceptors (Lipinski definition) is 3. The summed E-state index contributed by atoms with van der Waals surface area (Å²) in [4.78, 5) is 2.52. The zero-order chi connectivity index (χ0) is 15.8. The molecular formula is C18H32N2O. The first-order valence-electron chi connectivity index (χ1n) is 8.20. The van der Waals surface area contributed by atoms with Crippen molar-refractivity contribution in [3.05, 3.63) is 29.8 Å². The van der Waals surface area contributed by atoms with Crippen LogP contribution in [0.4, 0.5) is 0 Å². The normalized spacial score (nSPS) is 15.8. The van der Waals surface area contributed by atoms with E-state index >= 15 is 0 Å². The average Bonchev–Trinajstić information content (AvgIpc) is 2.54. The Balaban J connectivity index is 3.01. The minimum absolute atomic E-state index is 0.155. The van der Waals surface area contributed by atoms with Crippen molar-refractivity contribution < 1.29 is 4.74 Å². The van der Waals surface area contributed by atoms with Crippen molar-refractivity contribution in [3.8, 4) is 5.75 Å². The molecule has 0 bridgehead atoms. The molecule has 3 nitrogen and oxygen atoms in total. The maximum Gasteiger partial charge on any atom is 0.118 e. The van der Waals surface area contributed by atoms with E-state index in [0.29, 0.717) is 5.92 Å². The molecule has 1 aromatic carbocycles. The molecule has 0 heterocycles. The number of ether oxygens (including phenoxy) is 1. The number of benzene rings is 1. The molecular weight excluding hydrogens is 260 g/mol. The fourth-order valence-corrected chi connectivity index (χ4v) is 2.72. The van der Waals surface area contributed by atoms with Crippen LogP contribution in [0.5, 0.6) is 5.75 Å². The molecule has 3 heteroatoms. The van der Waals surface area contributed by atoms with Crippen molar-refractivity contribution in [2.75, 3.05) is 20.2 Å². The van der Waals surface area contributed by atoms with Crippen LogP contribution in [0.1, 0.15) is 52.1 Å². The summed E-state index contributed by atoms with van der Waals surface area (Å²) < 4.78 is 5.26. The first-order valence-corrected chi connectivity index (χ1v) is 8.20. The number of methoxy groups -OCH3 is 1. The van der Waals surface area contributed by atoms with E-state index in [2.05, 4.69) is 44.7 Å². The van der Waals surface area contributed by atoms with Crippen LogP contribution in [0.25, 0.3) is 0 Å². The number of hydrogen-bond donors (Lipinski definition) is 1. The third-order valence-electron chi connectivity index (χ3n) is 4.38. The first kappa shape index (κ1) is 18.0. The van der Waals surface area contributed by atoms with Crippen LogP contribution in [-0.2, 0) is 0 Å². The van der Waals surface area contributed by atoms with Gasteiger partial charge in [0.2, 0.25) is 0 Å². The van der Waals surface area contributed by atoms with Crippen LogP contribution in [-0.4, -0.2) is 31.1 Å². The zero-order valence-electron chi connectivity index (χ0n) is 14.3. The molecule has 3 atom stereocenters. The Kier molecular flexibility index (Phi) is 7.76. The highest BCUT2D eigenvalue weighted by Gasteiger charge is 2.25. The van der Waals surface area contributed by atoms with Gasteiger partial charge in [-0.3, -0.25) is 4.90 Å². The van der Waals surface area contributed by atoms with Gasteiger partial charge in [-0.2, -0.15) is 0 Å². The van der Waals surface area contributed by atoms with Gasteiger partial charge in [0.15, 0.2) is 0 Å². The molecule has 0 spiro atoms. The van der Waals surface area contributed by atoms with E-state index in [0.717, 1.165) is 25.3 Å². The molecule has 0 fully saturated rings. The lowest BCUT2D eigenvalue weighted by Crippen LogP contribution is -2.42. The molecule has 0 radical (unpaired) electrons. The Hall–Kier alpha value is -1.06. The van der Waals surface area contributed by atoms with Crippen molar-refractivity contribution in [1.82, 2.24) is 4.90 Å². The average molecular weight is 292 g/mol. The van der Waals surface area contributed by atoms with Crippen molar-refractivity contribution >= 4 is 0 Å². The van der Waals surface area contributed by atoms with Gasteiger partial charge in [-0.15, -0.1) is 0 Å². The molecule has 21 heavy (non-hydrogen) atoms. The van der Waals surface area contributed by atoms with E-state index in [-0.39, 0.29) is 12.1 Å². The Morgan fingerprint density at radius 3 is 2.14 bits per heavy atom. The second kappa shape index (κ2) is 9.06. The molecule has 0 aliphatic rings. The standard InChI is InChI=1S/C18H32N2O/c1-6-14(4)13-20(8-3)18(17(19)7-2)15-9-11-16(21-5)12-10-15/h9-12,14,17-18H,6-8,13,19H2,1-5H3. The second-order valence-electron chi connectivity index (χ2n) is 5.89. The highest BCUT2D eigenvalue weighted by Crippen LogP contribution is 2.27. The monoisotopic (exact) mass is 292 g/mol. The molecule has 0 saturated carbocycles. The summed E-state index contributed by atoms with van der Waals surface area (Å²) in [5.74, 6) is 1.59. The molecule has 0 aromatic heterocycles. The van der Waals surface area contributed by atoms with E-state index in [1.807, 2.05) is 12.1 Å². The summed E-state index contributed by atoms with van der Waals surface area (Å²) >= 11 is 0. The van der Waals surface area contributed by atoms with E-state index in [9.17, 15) is 0 Å². The minimum atomic E-state index is 0.155. The largest absolute Gasteiger partial charge is 0.497 e. The van der Waals surface area contributed by atoms with Gasteiger partial charge in [0.05, 0.1) is 7.11 Å². The van der Waals surface area contributed by atoms with Gasteiger partial charge in [-0.1, -0.05) is 46.2 Å². The summed E-state index contributed by atoms with van der Waals surface area (Å²) in [6.07, 6.45) is 2.18. The molecule has 1 aromatic rings. The topological polar surface area (TPSA) is 38.5 Å². The van der Waals surface area contributed by atoms with Gasteiger partial charge < -0.3 is 10.5 Å². The maximum atomic E-state index is 6.44. The van der Waals surface area contributed by atoms with Crippen LogP contribution in [0.2, 0.25) is 0 Å². The van der Waals surface area contributed by atoms with Gasteiger partial charge >= 0.3 is 0 Å². The van der Waals surface area contributed by atoms with E-state index < -0.39 is 0 Å². The third-order valence-corrected chi connectivity index (χ3v) is 4.38. The summed E-state index contributed by atoms with van der Waals surface area (Å²) in [5.41, 5.74) is 7.73. The molecule has 0 saturated heterocycles. The van der Waals surface area contributed by atoms with Crippen molar-refractivity contribution in [1.29, 1.82) is 0 Å². The van der Waals surface area contributed by atoms with Crippen LogP contribution in [0.15, 0.2) is 24.3 Å². The van der Waals surface area contributed by atoms with Crippen LogP contribution >= 0.6 is 0 Å². The number of nitrogens with zero attached hydrogens (tertiary/aromatic N) is 1. The molecule has 120 valence electrons. The Bertz CT molecular complexity index is 391. The smallest absolute Gasteiger partial charge is 0.118 e. The van der Waals surface area contributed by atoms with Crippen molar-refractivity contribution in [3.63, 3.8) is 0 Å². The predicted octanol–water partition coefficient (Wildman–Crippen LogP) is 3.84. The van der Waals surface area contributed by atoms with E-state index in [1.165, 1.54) is 12.0 Å². The third kappa shape index (κ3) is 5.01. The quantitative estimate of drug-likeness (QED) is 0.751. The van der Waals surface area contributed by atoms with Gasteiger partial charge in [-0.05, 0) is 36.6 Å². The number of likely N-dealkylation sites (N-methyl/N-ethyl adjacent to an activating group) is 1. The fraction of sp³-hybridized carbons (Fsp3) is 0.667. The number of nitrogens with two attached hydrogens (primary N) is 1. The summed E-state index contributed by atoms with van der Waals surface area (Å²) in [6, 6.07) is 8.79. The van der Waals surface area contributed by atoms with Gasteiger partial charge in [0.1, 0.15) is 5.75 Å². The molecule has 0 amide bonds. The minimum Gasteiger partial charge on any atom is -0.497 e. The van der Waals surface area contributed by atoms with Crippen LogP contribution < -0.4 is 10.5 Å². The Labute approximate surface area is 130 Å². The molecule has 3 unspecified atom stereocenters. The van der Waals surface area contributed by atoms with Crippen molar-refractivity contribution in [2.24, 2.45) is 11.7 Å². The lowest BCUT2D eigenvalue weighted by atomic mass is 9.95. The lowest BCUT2D eigenvalue weighted by molar-refractivity contribution is 0.153. The van der Waals surface area contributed by atoms with Gasteiger partial charge in [-0.25, -0.2) is 0 Å². The predicted molar refractivity (Wildman–Crippen MR) is 90.7 cm³/mol. The van der Waals surface area contributed by atoms with Crippen LogP contribution in [0.3, 0.4) is 0 Å². The fourth-order valence-electron chi connectivity index (χ4n) is 2.72. The highest BCUT2D eigenvalue weighted by atomic mass is 16.5. The second-order valence-corrected chi connectivity index (χ2v) is 5.89. The van der Waals surface area contributed by atoms with E-state index in [4.69, 9.17) is 10.5 Å². The Morgan fingerprint density at radius 1 is 1.10 bits per heavy atom. The number of rotatable bonds is 9. The molecule has 1 rings (SSSR count). The summed E-state index contributed by atoms with van der Waals surface area (Å²) in [6.45, 7) is 11.1. The SMILES string of the molecule is CCC(C)CN(CC)C(c1ccc(OC)cc1)C(N)CC.